The van der Waals surface area contributed by atoms with E-state index in [1.165, 1.54) is 0 Å². The van der Waals surface area contributed by atoms with Gasteiger partial charge in [0.2, 0.25) is 0 Å². The molecule has 0 amide bonds. The monoisotopic (exact) mass is 330 g/mol. The third kappa shape index (κ3) is 3.26. The molecule has 1 heterocycles. The number of rotatable bonds is 5. The number of aromatic nitrogens is 3. The molecule has 0 spiro atoms. The summed E-state index contributed by atoms with van der Waals surface area (Å²) in [5, 5.41) is 20.1. The van der Waals surface area contributed by atoms with Gasteiger partial charge in [-0.3, -0.25) is 0 Å². The average molecular weight is 331 g/mol. The summed E-state index contributed by atoms with van der Waals surface area (Å²) in [5.74, 6) is -0.742. The Kier molecular flexibility index (Phi) is 4.91. The lowest BCUT2D eigenvalue weighted by atomic mass is 10.2. The minimum atomic E-state index is -1.15. The van der Waals surface area contributed by atoms with Gasteiger partial charge in [0.15, 0.2) is 11.0 Å². The van der Waals surface area contributed by atoms with E-state index in [0.29, 0.717) is 33.1 Å². The van der Waals surface area contributed by atoms with Crippen molar-refractivity contribution in [3.05, 3.63) is 28.2 Å². The van der Waals surface area contributed by atoms with E-state index < -0.39 is 5.97 Å². The second-order valence-corrected chi connectivity index (χ2v) is 5.62. The lowest BCUT2D eigenvalue weighted by Crippen LogP contribution is -2.24. The Morgan fingerprint density at radius 1 is 1.40 bits per heavy atom. The number of carboxylic acids is 1. The summed E-state index contributed by atoms with van der Waals surface area (Å²) in [6, 6.07) is 5.10. The van der Waals surface area contributed by atoms with E-state index in [4.69, 9.17) is 23.2 Å². The van der Waals surface area contributed by atoms with Crippen molar-refractivity contribution < 1.29 is 9.90 Å². The second-order valence-electron chi connectivity index (χ2n) is 3.84. The fourth-order valence-electron chi connectivity index (χ4n) is 1.67. The molecule has 0 N–H and O–H groups in total. The van der Waals surface area contributed by atoms with Crippen molar-refractivity contribution >= 4 is 40.9 Å². The zero-order valence-electron chi connectivity index (χ0n) is 10.5. The summed E-state index contributed by atoms with van der Waals surface area (Å²) in [4.78, 5) is 10.5. The molecule has 20 heavy (non-hydrogen) atoms. The molecule has 0 atom stereocenters. The summed E-state index contributed by atoms with van der Waals surface area (Å²) in [6.07, 6.45) is 0. The number of halogens is 2. The van der Waals surface area contributed by atoms with Gasteiger partial charge in [0, 0.05) is 22.9 Å². The van der Waals surface area contributed by atoms with Crippen LogP contribution in [0.15, 0.2) is 23.4 Å². The van der Waals surface area contributed by atoms with Gasteiger partial charge in [-0.05, 0) is 25.1 Å². The number of carbonyl (C=O) groups excluding carboxylic acids is 1. The van der Waals surface area contributed by atoms with Crippen LogP contribution in [0.5, 0.6) is 0 Å². The van der Waals surface area contributed by atoms with Crippen molar-refractivity contribution in [3.63, 3.8) is 0 Å². The zero-order chi connectivity index (χ0) is 14.7. The molecule has 0 bridgehead atoms. The number of nitrogens with zero attached hydrogens (tertiary/aromatic N) is 3. The van der Waals surface area contributed by atoms with Crippen LogP contribution in [0.2, 0.25) is 10.0 Å². The minimum Gasteiger partial charge on any atom is -0.549 e. The Hall–Kier alpha value is -1.24. The quantitative estimate of drug-likeness (QED) is 0.785. The summed E-state index contributed by atoms with van der Waals surface area (Å²) in [6.45, 7) is 2.51. The molecule has 0 radical (unpaired) electrons. The van der Waals surface area contributed by atoms with Gasteiger partial charge in [0.1, 0.15) is 0 Å². The third-order valence-corrected chi connectivity index (χ3v) is 4.01. The normalized spacial score (nSPS) is 10.8. The van der Waals surface area contributed by atoms with Gasteiger partial charge in [-0.15, -0.1) is 10.2 Å². The fourth-order valence-corrected chi connectivity index (χ4v) is 2.88. The van der Waals surface area contributed by atoms with Gasteiger partial charge in [0.25, 0.3) is 0 Å². The molecule has 1 aromatic carbocycles. The molecule has 1 aromatic heterocycles. The zero-order valence-corrected chi connectivity index (χ0v) is 12.8. The van der Waals surface area contributed by atoms with Crippen LogP contribution in [0.3, 0.4) is 0 Å². The molecule has 0 fully saturated rings. The maximum Gasteiger partial charge on any atom is 0.191 e. The smallest absolute Gasteiger partial charge is 0.191 e. The Labute approximate surface area is 129 Å². The van der Waals surface area contributed by atoms with E-state index in [-0.39, 0.29) is 5.75 Å². The maximum absolute atomic E-state index is 10.5. The molecule has 0 unspecified atom stereocenters. The van der Waals surface area contributed by atoms with Crippen molar-refractivity contribution in [2.45, 2.75) is 18.6 Å². The van der Waals surface area contributed by atoms with E-state index in [9.17, 15) is 9.90 Å². The van der Waals surface area contributed by atoms with Crippen LogP contribution in [0.25, 0.3) is 11.4 Å². The average Bonchev–Trinajstić information content (AvgIpc) is 2.79. The molecular formula is C12H10Cl2N3O2S-. The highest BCUT2D eigenvalue weighted by Crippen LogP contribution is 2.31. The highest BCUT2D eigenvalue weighted by molar-refractivity contribution is 7.99. The van der Waals surface area contributed by atoms with Crippen LogP contribution in [0.1, 0.15) is 6.92 Å². The van der Waals surface area contributed by atoms with Crippen LogP contribution in [0, 0.1) is 0 Å². The molecule has 2 aromatic rings. The number of aliphatic carboxylic acids is 1. The molecule has 5 nitrogen and oxygen atoms in total. The Balaban J connectivity index is 2.39. The SMILES string of the molecule is CCn1c(SCC(=O)[O-])nnc1-c1ccc(Cl)cc1Cl. The van der Waals surface area contributed by atoms with Crippen molar-refractivity contribution in [2.75, 3.05) is 5.75 Å². The summed E-state index contributed by atoms with van der Waals surface area (Å²) in [5.41, 5.74) is 0.700. The molecule has 2 rings (SSSR count). The van der Waals surface area contributed by atoms with E-state index >= 15 is 0 Å². The summed E-state index contributed by atoms with van der Waals surface area (Å²) in [7, 11) is 0. The molecule has 8 heteroatoms. The van der Waals surface area contributed by atoms with Gasteiger partial charge in [0.05, 0.1) is 11.0 Å². The van der Waals surface area contributed by atoms with Gasteiger partial charge >= 0.3 is 0 Å². The molecule has 0 aliphatic rings. The van der Waals surface area contributed by atoms with Crippen LogP contribution in [0.4, 0.5) is 0 Å². The first kappa shape index (κ1) is 15.2. The van der Waals surface area contributed by atoms with Crippen molar-refractivity contribution in [3.8, 4) is 11.4 Å². The molecule has 106 valence electrons. The van der Waals surface area contributed by atoms with E-state index in [0.717, 1.165) is 11.8 Å². The Bertz CT molecular complexity index is 646. The molecular weight excluding hydrogens is 321 g/mol. The lowest BCUT2D eigenvalue weighted by molar-refractivity contribution is -0.301. The Morgan fingerprint density at radius 2 is 2.15 bits per heavy atom. The minimum absolute atomic E-state index is 0.174. The number of carbonyl (C=O) groups is 1. The van der Waals surface area contributed by atoms with E-state index in [1.54, 1.807) is 22.8 Å². The van der Waals surface area contributed by atoms with Gasteiger partial charge in [-0.2, -0.15) is 0 Å². The third-order valence-electron chi connectivity index (χ3n) is 2.52. The first-order valence-electron chi connectivity index (χ1n) is 5.74. The molecule has 0 saturated carbocycles. The van der Waals surface area contributed by atoms with E-state index in [1.807, 2.05) is 6.92 Å². The van der Waals surface area contributed by atoms with Crippen LogP contribution in [-0.2, 0) is 11.3 Å². The first-order valence-corrected chi connectivity index (χ1v) is 7.48. The van der Waals surface area contributed by atoms with Crippen molar-refractivity contribution in [1.82, 2.24) is 14.8 Å². The molecule has 0 saturated heterocycles. The fraction of sp³-hybridized carbons (Fsp3) is 0.250. The summed E-state index contributed by atoms with van der Waals surface area (Å²) >= 11 is 13.1. The van der Waals surface area contributed by atoms with Crippen LogP contribution < -0.4 is 5.11 Å². The number of hydrogen-bond donors (Lipinski definition) is 0. The first-order chi connectivity index (χ1) is 9.52. The number of hydrogen-bond acceptors (Lipinski definition) is 5. The highest BCUT2D eigenvalue weighted by Gasteiger charge is 2.15. The van der Waals surface area contributed by atoms with Crippen LogP contribution in [-0.4, -0.2) is 26.5 Å². The predicted molar refractivity (Wildman–Crippen MR) is 76.9 cm³/mol. The van der Waals surface area contributed by atoms with Crippen LogP contribution >= 0.6 is 35.0 Å². The van der Waals surface area contributed by atoms with Gasteiger partial charge in [-0.1, -0.05) is 35.0 Å². The second kappa shape index (κ2) is 6.47. The van der Waals surface area contributed by atoms with Gasteiger partial charge in [-0.25, -0.2) is 0 Å². The lowest BCUT2D eigenvalue weighted by Gasteiger charge is -2.08. The summed E-state index contributed by atoms with van der Waals surface area (Å²) < 4.78 is 1.79. The largest absolute Gasteiger partial charge is 0.549 e. The van der Waals surface area contributed by atoms with E-state index in [2.05, 4.69) is 10.2 Å². The number of carboxylic acid groups (broad SMARTS) is 1. The van der Waals surface area contributed by atoms with Gasteiger partial charge < -0.3 is 14.5 Å². The number of benzene rings is 1. The molecule has 0 aliphatic heterocycles. The topological polar surface area (TPSA) is 70.8 Å². The number of thioether (sulfide) groups is 1. The highest BCUT2D eigenvalue weighted by atomic mass is 35.5. The van der Waals surface area contributed by atoms with Crippen molar-refractivity contribution in [1.29, 1.82) is 0 Å². The maximum atomic E-state index is 10.5. The Morgan fingerprint density at radius 3 is 2.75 bits per heavy atom. The van der Waals surface area contributed by atoms with Crippen molar-refractivity contribution in [2.24, 2.45) is 0 Å². The predicted octanol–water partition coefficient (Wildman–Crippen LogP) is 2.11. The molecule has 0 aliphatic carbocycles. The standard InChI is InChI=1S/C12H11Cl2N3O2S/c1-2-17-11(8-4-3-7(13)5-9(8)14)15-16-12(17)20-6-10(18)19/h3-5H,2,6H2,1H3,(H,18,19)/p-1.